The van der Waals surface area contributed by atoms with E-state index in [-0.39, 0.29) is 0 Å². The third-order valence-electron chi connectivity index (χ3n) is 11.5. The minimum absolute atomic E-state index is 0.298. The number of aliphatic hydroxyl groups is 2. The van der Waals surface area contributed by atoms with Crippen LogP contribution < -0.4 is 5.73 Å². The lowest BCUT2D eigenvalue weighted by Gasteiger charge is -2.59. The third kappa shape index (κ3) is 7.33. The van der Waals surface area contributed by atoms with Crippen LogP contribution in [0.1, 0.15) is 112 Å². The Balaban J connectivity index is 1.99. The Morgan fingerprint density at radius 3 is 1.00 bits per heavy atom. The van der Waals surface area contributed by atoms with Crippen molar-refractivity contribution in [1.29, 1.82) is 0 Å². The predicted molar refractivity (Wildman–Crippen MR) is 214 cm³/mol. The lowest BCUT2D eigenvalue weighted by atomic mass is 9.63. The van der Waals surface area contributed by atoms with Gasteiger partial charge in [0, 0.05) is 0 Å². The molecule has 0 spiro atoms. The number of aryl methyl sites for hydroxylation is 4. The van der Waals surface area contributed by atoms with E-state index in [9.17, 15) is 15.0 Å². The number of rotatable bonds is 10. The van der Waals surface area contributed by atoms with Gasteiger partial charge < -0.3 is 20.8 Å². The number of amides is 2. The van der Waals surface area contributed by atoms with Crippen molar-refractivity contribution in [3.8, 4) is 0 Å². The highest BCUT2D eigenvalue weighted by Crippen LogP contribution is 2.53. The second kappa shape index (κ2) is 14.5. The summed E-state index contributed by atoms with van der Waals surface area (Å²) in [6.07, 6.45) is 1.94. The van der Waals surface area contributed by atoms with E-state index in [2.05, 4.69) is 0 Å². The van der Waals surface area contributed by atoms with Crippen LogP contribution >= 0.6 is 0 Å². The highest BCUT2D eigenvalue weighted by Gasteiger charge is 2.62. The van der Waals surface area contributed by atoms with Crippen molar-refractivity contribution in [3.63, 3.8) is 0 Å². The van der Waals surface area contributed by atoms with E-state index in [1.165, 1.54) is 0 Å². The molecule has 1 fully saturated rings. The zero-order valence-electron chi connectivity index (χ0n) is 33.5. The van der Waals surface area contributed by atoms with Crippen molar-refractivity contribution >= 4 is 11.8 Å². The molecule has 1 aliphatic carbocycles. The number of nitrogens with zero attached hydrogens (tertiary/aromatic N) is 1. The first-order valence-electron chi connectivity index (χ1n) is 19.0. The van der Waals surface area contributed by atoms with Crippen molar-refractivity contribution in [1.82, 2.24) is 4.90 Å². The molecular weight excluding hydrogens is 657 g/mol. The van der Waals surface area contributed by atoms with Gasteiger partial charge in [-0.3, -0.25) is 9.59 Å². The number of carbonyl (C=O) groups is 2. The minimum Gasteiger partial charge on any atom is -0.378 e. The molecule has 4 aromatic rings. The molecule has 0 aromatic heterocycles. The quantitative estimate of drug-likeness (QED) is 0.143. The Kier molecular flexibility index (Phi) is 10.9. The van der Waals surface area contributed by atoms with E-state index >= 15 is 4.79 Å². The van der Waals surface area contributed by atoms with Crippen LogP contribution in [-0.4, -0.2) is 39.0 Å². The van der Waals surface area contributed by atoms with Gasteiger partial charge in [0.25, 0.3) is 0 Å². The van der Waals surface area contributed by atoms with Crippen LogP contribution in [0.5, 0.6) is 0 Å². The van der Waals surface area contributed by atoms with Crippen LogP contribution in [0.15, 0.2) is 97.1 Å². The Morgan fingerprint density at radius 1 is 0.547 bits per heavy atom. The number of hydrogen-bond acceptors (Lipinski definition) is 4. The first-order valence-corrected chi connectivity index (χ1v) is 19.0. The molecule has 1 aliphatic rings. The molecule has 282 valence electrons. The molecule has 0 aliphatic heterocycles. The van der Waals surface area contributed by atoms with Crippen LogP contribution in [0.3, 0.4) is 0 Å². The second-order valence-corrected chi connectivity index (χ2v) is 17.9. The molecule has 6 nitrogen and oxygen atoms in total. The average Bonchev–Trinajstić information content (AvgIpc) is 3.59. The summed E-state index contributed by atoms with van der Waals surface area (Å²) in [5.41, 5.74) is 6.03. The van der Waals surface area contributed by atoms with E-state index in [0.29, 0.717) is 47.9 Å². The smallest absolute Gasteiger partial charge is 0.239 e. The van der Waals surface area contributed by atoms with Gasteiger partial charge in [-0.15, -0.1) is 0 Å². The molecule has 2 amide bonds. The fraction of sp³-hybridized carbons (Fsp3) is 0.447. The summed E-state index contributed by atoms with van der Waals surface area (Å²) >= 11 is 0. The molecule has 2 unspecified atom stereocenters. The molecule has 6 heteroatoms. The summed E-state index contributed by atoms with van der Waals surface area (Å²) in [7, 11) is 0. The molecule has 4 aromatic carbocycles. The molecular formula is C47H60N2O4. The summed E-state index contributed by atoms with van der Waals surface area (Å²) in [6, 6.07) is 29.1. The molecule has 2 atom stereocenters. The lowest BCUT2D eigenvalue weighted by Crippen LogP contribution is -2.71. The second-order valence-electron chi connectivity index (χ2n) is 17.9. The topological polar surface area (TPSA) is 104 Å². The van der Waals surface area contributed by atoms with Gasteiger partial charge in [0.15, 0.2) is 0 Å². The summed E-state index contributed by atoms with van der Waals surface area (Å²) in [4.78, 5) is 31.6. The fourth-order valence-corrected chi connectivity index (χ4v) is 8.86. The van der Waals surface area contributed by atoms with Crippen LogP contribution in [-0.2, 0) is 20.8 Å². The van der Waals surface area contributed by atoms with Crippen molar-refractivity contribution in [2.75, 3.05) is 0 Å². The molecule has 5 rings (SSSR count). The van der Waals surface area contributed by atoms with Gasteiger partial charge in [0.05, 0.1) is 12.1 Å². The minimum atomic E-state index is -1.81. The van der Waals surface area contributed by atoms with Gasteiger partial charge in [0.2, 0.25) is 11.8 Å². The zero-order valence-corrected chi connectivity index (χ0v) is 33.5. The van der Waals surface area contributed by atoms with Crippen LogP contribution in [0.2, 0.25) is 0 Å². The molecule has 53 heavy (non-hydrogen) atoms. The van der Waals surface area contributed by atoms with Crippen LogP contribution in [0.25, 0.3) is 0 Å². The SMILES string of the molecule is Cc1ccc(C(O)(c2ccc(C)cc2)C(N(C(=O)C2(C(N)=O)CCCC2)C(C(C)(C)C)C(O)(c2ccc(C)cc2)c2ccc(C)cc2)C(C)(C)C)cc1. The van der Waals surface area contributed by atoms with E-state index in [4.69, 9.17) is 5.73 Å². The van der Waals surface area contributed by atoms with Crippen LogP contribution in [0, 0.1) is 43.9 Å². The average molecular weight is 717 g/mol. The molecule has 0 radical (unpaired) electrons. The van der Waals surface area contributed by atoms with Gasteiger partial charge >= 0.3 is 0 Å². The summed E-state index contributed by atoms with van der Waals surface area (Å²) < 4.78 is 0. The standard InChI is InChI=1S/C47H60N2O4/c1-31-13-21-35(22-14-31)46(52,36-23-15-32(2)16-24-36)39(43(5,6)7)49(42(51)45(41(48)50)29-11-12-30-45)40(44(8,9)10)47(53,37-25-17-33(3)18-26-37)38-27-19-34(4)20-28-38/h13-28,39-40,52-53H,11-12,29-30H2,1-10H3,(H2,48,50). The number of benzene rings is 4. The maximum absolute atomic E-state index is 16.1. The zero-order chi connectivity index (χ0) is 39.1. The Labute approximate surface area is 317 Å². The molecule has 0 saturated heterocycles. The number of nitrogens with two attached hydrogens (primary N) is 1. The third-order valence-corrected chi connectivity index (χ3v) is 11.5. The predicted octanol–water partition coefficient (Wildman–Crippen LogP) is 8.80. The number of hydrogen-bond donors (Lipinski definition) is 3. The van der Waals surface area contributed by atoms with E-state index in [1.807, 2.05) is 166 Å². The van der Waals surface area contributed by atoms with Gasteiger partial charge in [-0.05, 0) is 73.6 Å². The summed E-state index contributed by atoms with van der Waals surface area (Å²) in [6.45, 7) is 20.1. The van der Waals surface area contributed by atoms with Gasteiger partial charge in [-0.25, -0.2) is 0 Å². The fourth-order valence-electron chi connectivity index (χ4n) is 8.86. The molecule has 0 heterocycles. The lowest BCUT2D eigenvalue weighted by molar-refractivity contribution is -0.184. The molecule has 0 bridgehead atoms. The van der Waals surface area contributed by atoms with Crippen molar-refractivity contribution in [2.24, 2.45) is 22.0 Å². The monoisotopic (exact) mass is 716 g/mol. The van der Waals surface area contributed by atoms with Crippen molar-refractivity contribution in [2.45, 2.75) is 118 Å². The largest absolute Gasteiger partial charge is 0.378 e. The first kappa shape index (κ1) is 39.9. The number of primary amides is 1. The Morgan fingerprint density at radius 2 is 0.792 bits per heavy atom. The maximum Gasteiger partial charge on any atom is 0.239 e. The van der Waals surface area contributed by atoms with Gasteiger partial charge in [-0.1, -0.05) is 174 Å². The Bertz CT molecular complexity index is 1680. The maximum atomic E-state index is 16.1. The van der Waals surface area contributed by atoms with Crippen molar-refractivity contribution < 1.29 is 19.8 Å². The number of carbonyl (C=O) groups excluding carboxylic acids is 2. The highest BCUT2D eigenvalue weighted by atomic mass is 16.3. The Hall–Kier alpha value is -4.26. The summed E-state index contributed by atoms with van der Waals surface area (Å²) in [5, 5.41) is 27.8. The van der Waals surface area contributed by atoms with Crippen LogP contribution in [0.4, 0.5) is 0 Å². The van der Waals surface area contributed by atoms with E-state index in [1.54, 1.807) is 4.90 Å². The normalized spacial score (nSPS) is 16.2. The molecule has 4 N–H and O–H groups in total. The van der Waals surface area contributed by atoms with Crippen molar-refractivity contribution in [3.05, 3.63) is 142 Å². The van der Waals surface area contributed by atoms with E-state index in [0.717, 1.165) is 22.3 Å². The first-order chi connectivity index (χ1) is 24.7. The highest BCUT2D eigenvalue weighted by molar-refractivity contribution is 6.05. The summed E-state index contributed by atoms with van der Waals surface area (Å²) in [5.74, 6) is -1.13. The van der Waals surface area contributed by atoms with E-state index < -0.39 is 51.3 Å². The van der Waals surface area contributed by atoms with Gasteiger partial charge in [-0.2, -0.15) is 0 Å². The van der Waals surface area contributed by atoms with Gasteiger partial charge in [0.1, 0.15) is 16.6 Å². The molecule has 1 saturated carbocycles.